The first-order valence-electron chi connectivity index (χ1n) is 5.71. The van der Waals surface area contributed by atoms with Crippen molar-refractivity contribution in [3.8, 4) is 0 Å². The largest absolute Gasteiger partial charge is 0.387 e. The summed E-state index contributed by atoms with van der Waals surface area (Å²) in [6.45, 7) is 1.12. The van der Waals surface area contributed by atoms with Crippen LogP contribution in [0, 0.1) is 11.3 Å². The lowest BCUT2D eigenvalue weighted by atomic mass is 10.0. The smallest absolute Gasteiger partial charge is 0.223 e. The molecule has 0 aliphatic carbocycles. The van der Waals surface area contributed by atoms with Crippen LogP contribution in [0.1, 0.15) is 12.0 Å². The van der Waals surface area contributed by atoms with Gasteiger partial charge in [0.25, 0.3) is 0 Å². The van der Waals surface area contributed by atoms with E-state index in [9.17, 15) is 9.90 Å². The summed E-state index contributed by atoms with van der Waals surface area (Å²) in [5.41, 5.74) is 1.09. The minimum atomic E-state index is -0.806. The molecule has 1 aromatic rings. The first-order valence-corrected chi connectivity index (χ1v) is 5.71. The van der Waals surface area contributed by atoms with E-state index in [-0.39, 0.29) is 11.8 Å². The van der Waals surface area contributed by atoms with Gasteiger partial charge >= 0.3 is 0 Å². The standard InChI is InChI=1S/C13H16N2O2/c14-7-12(16)11-6-13(17)15(9-11)8-10-4-2-1-3-5-10/h1-5,7,11-12,14,16H,6,8-9H2. The highest BCUT2D eigenvalue weighted by molar-refractivity contribution is 5.79. The Morgan fingerprint density at radius 3 is 2.82 bits per heavy atom. The van der Waals surface area contributed by atoms with Gasteiger partial charge in [0.15, 0.2) is 0 Å². The third kappa shape index (κ3) is 2.71. The molecule has 17 heavy (non-hydrogen) atoms. The zero-order valence-electron chi connectivity index (χ0n) is 9.54. The van der Waals surface area contributed by atoms with Gasteiger partial charge in [0.2, 0.25) is 5.91 Å². The van der Waals surface area contributed by atoms with Crippen molar-refractivity contribution in [3.05, 3.63) is 35.9 Å². The van der Waals surface area contributed by atoms with Crippen LogP contribution in [0.4, 0.5) is 0 Å². The zero-order valence-corrected chi connectivity index (χ0v) is 9.54. The van der Waals surface area contributed by atoms with Crippen LogP contribution in [-0.4, -0.2) is 34.8 Å². The number of aliphatic hydroxyl groups is 1. The van der Waals surface area contributed by atoms with E-state index in [0.717, 1.165) is 11.8 Å². The van der Waals surface area contributed by atoms with E-state index in [0.29, 0.717) is 19.5 Å². The first-order chi connectivity index (χ1) is 8.20. The minimum absolute atomic E-state index is 0.0553. The molecule has 0 aromatic heterocycles. The second-order valence-electron chi connectivity index (χ2n) is 4.38. The quantitative estimate of drug-likeness (QED) is 0.762. The van der Waals surface area contributed by atoms with Crippen LogP contribution in [0.5, 0.6) is 0 Å². The second-order valence-corrected chi connectivity index (χ2v) is 4.38. The van der Waals surface area contributed by atoms with Gasteiger partial charge < -0.3 is 15.4 Å². The van der Waals surface area contributed by atoms with Crippen LogP contribution in [0.15, 0.2) is 30.3 Å². The zero-order chi connectivity index (χ0) is 12.3. The lowest BCUT2D eigenvalue weighted by Gasteiger charge is -2.17. The van der Waals surface area contributed by atoms with Gasteiger partial charge in [0.1, 0.15) is 0 Å². The summed E-state index contributed by atoms with van der Waals surface area (Å²) in [6, 6.07) is 9.79. The summed E-state index contributed by atoms with van der Waals surface area (Å²) in [4.78, 5) is 13.5. The molecule has 0 saturated carbocycles. The predicted molar refractivity (Wildman–Crippen MR) is 64.8 cm³/mol. The first kappa shape index (κ1) is 11.8. The molecule has 1 fully saturated rings. The van der Waals surface area contributed by atoms with Gasteiger partial charge in [0, 0.05) is 31.6 Å². The van der Waals surface area contributed by atoms with Crippen LogP contribution >= 0.6 is 0 Å². The van der Waals surface area contributed by atoms with Crippen LogP contribution in [0.2, 0.25) is 0 Å². The monoisotopic (exact) mass is 232 g/mol. The third-order valence-electron chi connectivity index (χ3n) is 3.11. The lowest BCUT2D eigenvalue weighted by molar-refractivity contribution is -0.128. The summed E-state index contributed by atoms with van der Waals surface area (Å²) < 4.78 is 0. The van der Waals surface area contributed by atoms with Crippen LogP contribution in [-0.2, 0) is 11.3 Å². The maximum atomic E-state index is 11.7. The van der Waals surface area contributed by atoms with E-state index in [1.54, 1.807) is 4.90 Å². The molecule has 2 atom stereocenters. The van der Waals surface area contributed by atoms with Crippen molar-refractivity contribution in [2.45, 2.75) is 19.1 Å². The fourth-order valence-corrected chi connectivity index (χ4v) is 2.12. The Bertz CT molecular complexity index is 405. The summed E-state index contributed by atoms with van der Waals surface area (Å²) in [6.07, 6.45) is 0.535. The number of likely N-dealkylation sites (tertiary alicyclic amines) is 1. The molecule has 2 N–H and O–H groups in total. The molecule has 0 spiro atoms. The number of amides is 1. The van der Waals surface area contributed by atoms with Crippen LogP contribution in [0.25, 0.3) is 0 Å². The fourth-order valence-electron chi connectivity index (χ4n) is 2.12. The highest BCUT2D eigenvalue weighted by atomic mass is 16.3. The van der Waals surface area contributed by atoms with Gasteiger partial charge in [-0.05, 0) is 5.56 Å². The molecule has 2 unspecified atom stereocenters. The van der Waals surface area contributed by atoms with Crippen molar-refractivity contribution >= 4 is 12.1 Å². The normalized spacial score (nSPS) is 21.6. The summed E-state index contributed by atoms with van der Waals surface area (Å²) in [5, 5.41) is 16.6. The third-order valence-corrected chi connectivity index (χ3v) is 3.11. The summed E-state index contributed by atoms with van der Waals surface area (Å²) >= 11 is 0. The topological polar surface area (TPSA) is 64.4 Å². The molecule has 4 heteroatoms. The Labute approximate surface area is 100 Å². The van der Waals surface area contributed by atoms with Crippen molar-refractivity contribution < 1.29 is 9.90 Å². The Hall–Kier alpha value is -1.68. The van der Waals surface area contributed by atoms with Gasteiger partial charge in [-0.3, -0.25) is 4.79 Å². The molecule has 1 amide bonds. The van der Waals surface area contributed by atoms with Gasteiger partial charge in [-0.25, -0.2) is 0 Å². The highest BCUT2D eigenvalue weighted by Gasteiger charge is 2.33. The molecule has 1 saturated heterocycles. The Morgan fingerprint density at radius 1 is 1.47 bits per heavy atom. The number of nitrogens with one attached hydrogen (secondary N) is 1. The average molecular weight is 232 g/mol. The number of carbonyl (C=O) groups excluding carboxylic acids is 1. The Kier molecular flexibility index (Phi) is 3.54. The molecular formula is C13H16N2O2. The molecular weight excluding hydrogens is 216 g/mol. The van der Waals surface area contributed by atoms with Crippen molar-refractivity contribution in [2.24, 2.45) is 5.92 Å². The highest BCUT2D eigenvalue weighted by Crippen LogP contribution is 2.22. The van der Waals surface area contributed by atoms with Crippen molar-refractivity contribution in [3.63, 3.8) is 0 Å². The number of nitrogens with zero attached hydrogens (tertiary/aromatic N) is 1. The van der Waals surface area contributed by atoms with E-state index in [4.69, 9.17) is 5.41 Å². The number of carbonyl (C=O) groups is 1. The van der Waals surface area contributed by atoms with Crippen LogP contribution in [0.3, 0.4) is 0 Å². The molecule has 1 aliphatic rings. The number of rotatable bonds is 4. The van der Waals surface area contributed by atoms with Gasteiger partial charge in [-0.15, -0.1) is 0 Å². The number of hydrogen-bond donors (Lipinski definition) is 2. The van der Waals surface area contributed by atoms with Gasteiger partial charge in [-0.2, -0.15) is 0 Å². The molecule has 1 aromatic carbocycles. The molecule has 0 bridgehead atoms. The molecule has 1 heterocycles. The minimum Gasteiger partial charge on any atom is -0.387 e. The maximum Gasteiger partial charge on any atom is 0.223 e. The lowest BCUT2D eigenvalue weighted by Crippen LogP contribution is -2.27. The predicted octanol–water partition coefficient (Wildman–Crippen LogP) is 1.05. The molecule has 90 valence electrons. The number of hydrogen-bond acceptors (Lipinski definition) is 3. The number of benzene rings is 1. The van der Waals surface area contributed by atoms with E-state index in [1.165, 1.54) is 0 Å². The Morgan fingerprint density at radius 2 is 2.18 bits per heavy atom. The van der Waals surface area contributed by atoms with E-state index in [2.05, 4.69) is 0 Å². The van der Waals surface area contributed by atoms with E-state index >= 15 is 0 Å². The second kappa shape index (κ2) is 5.10. The molecule has 0 radical (unpaired) electrons. The number of aliphatic hydroxyl groups excluding tert-OH is 1. The molecule has 2 rings (SSSR count). The van der Waals surface area contributed by atoms with Crippen molar-refractivity contribution in [1.82, 2.24) is 4.90 Å². The summed E-state index contributed by atoms with van der Waals surface area (Å²) in [5.74, 6) is -0.0801. The van der Waals surface area contributed by atoms with Crippen molar-refractivity contribution in [2.75, 3.05) is 6.54 Å². The average Bonchev–Trinajstić information content (AvgIpc) is 2.71. The van der Waals surface area contributed by atoms with Crippen molar-refractivity contribution in [1.29, 1.82) is 5.41 Å². The van der Waals surface area contributed by atoms with Crippen LogP contribution < -0.4 is 0 Å². The molecule has 1 aliphatic heterocycles. The SMILES string of the molecule is N=CC(O)C1CC(=O)N(Cc2ccccc2)C1. The molecule has 4 nitrogen and oxygen atoms in total. The maximum absolute atomic E-state index is 11.7. The van der Waals surface area contributed by atoms with Gasteiger partial charge in [-0.1, -0.05) is 30.3 Å². The van der Waals surface area contributed by atoms with E-state index in [1.807, 2.05) is 30.3 Å². The van der Waals surface area contributed by atoms with Gasteiger partial charge in [0.05, 0.1) is 6.10 Å². The fraction of sp³-hybridized carbons (Fsp3) is 0.385. The summed E-state index contributed by atoms with van der Waals surface area (Å²) in [7, 11) is 0. The van der Waals surface area contributed by atoms with E-state index < -0.39 is 6.10 Å². The Balaban J connectivity index is 1.99.